The molecule has 0 heterocycles. The number of hydrogen-bond acceptors (Lipinski definition) is 5. The Morgan fingerprint density at radius 1 is 0.455 bits per heavy atom. The van der Waals surface area contributed by atoms with Crippen LogP contribution in [0.5, 0.6) is 0 Å². The van der Waals surface area contributed by atoms with Crippen molar-refractivity contribution in [1.82, 2.24) is 0 Å². The third-order valence-corrected chi connectivity index (χ3v) is 8.77. The van der Waals surface area contributed by atoms with E-state index in [1.807, 2.05) is 0 Å². The van der Waals surface area contributed by atoms with E-state index in [0.717, 1.165) is 31.6 Å². The summed E-state index contributed by atoms with van der Waals surface area (Å²) in [6, 6.07) is 0. The highest BCUT2D eigenvalue weighted by atomic mass is 16.6. The maximum Gasteiger partial charge on any atom is 0.305 e. The van der Waals surface area contributed by atoms with Crippen LogP contribution in [0.2, 0.25) is 0 Å². The number of unbranched alkanes of at least 4 members (excludes halogenated alkanes) is 25. The van der Waals surface area contributed by atoms with Gasteiger partial charge in [-0.05, 0) is 18.8 Å². The number of hydrogen-bond donors (Lipinski definition) is 1. The van der Waals surface area contributed by atoms with E-state index >= 15 is 0 Å². The lowest BCUT2D eigenvalue weighted by Gasteiger charge is -2.12. The summed E-state index contributed by atoms with van der Waals surface area (Å²) in [6.07, 6.45) is 35.8. The average molecular weight is 625 g/mol. The second kappa shape index (κ2) is 34.8. The molecule has 1 atom stereocenters. The van der Waals surface area contributed by atoms with Gasteiger partial charge < -0.3 is 14.6 Å². The summed E-state index contributed by atoms with van der Waals surface area (Å²) in [5.74, 6) is 0.290. The number of carbonyl (C=O) groups excluding carboxylic acids is 2. The van der Waals surface area contributed by atoms with Crippen LogP contribution < -0.4 is 0 Å². The molecule has 0 aliphatic heterocycles. The molecule has 0 bridgehead atoms. The molecule has 0 aromatic heterocycles. The maximum absolute atomic E-state index is 11.9. The van der Waals surface area contributed by atoms with Crippen LogP contribution >= 0.6 is 0 Å². The minimum Gasteiger partial charge on any atom is -0.463 e. The smallest absolute Gasteiger partial charge is 0.305 e. The Bertz CT molecular complexity index is 605. The van der Waals surface area contributed by atoms with E-state index in [0.29, 0.717) is 12.8 Å². The number of ether oxygens (including phenoxy) is 2. The first-order chi connectivity index (χ1) is 21.5. The van der Waals surface area contributed by atoms with Gasteiger partial charge in [-0.1, -0.05) is 188 Å². The van der Waals surface area contributed by atoms with Gasteiger partial charge in [0.25, 0.3) is 0 Å². The zero-order valence-corrected chi connectivity index (χ0v) is 29.9. The molecule has 0 aromatic carbocycles. The zero-order chi connectivity index (χ0) is 32.4. The van der Waals surface area contributed by atoms with E-state index < -0.39 is 6.10 Å². The summed E-state index contributed by atoms with van der Waals surface area (Å²) in [5, 5.41) is 10.0. The fourth-order valence-electron chi connectivity index (χ4n) is 5.80. The monoisotopic (exact) mass is 625 g/mol. The van der Waals surface area contributed by atoms with Gasteiger partial charge in [0.1, 0.15) is 19.3 Å². The highest BCUT2D eigenvalue weighted by molar-refractivity contribution is 5.69. The predicted molar refractivity (Wildman–Crippen MR) is 187 cm³/mol. The number of rotatable bonds is 35. The lowest BCUT2D eigenvalue weighted by atomic mass is 10.0. The Kier molecular flexibility index (Phi) is 33.9. The predicted octanol–water partition coefficient (Wildman–Crippen LogP) is 11.8. The average Bonchev–Trinajstić information content (AvgIpc) is 3.00. The summed E-state index contributed by atoms with van der Waals surface area (Å²) < 4.78 is 10.3. The molecule has 0 rings (SSSR count). The van der Waals surface area contributed by atoms with Crippen LogP contribution in [0.3, 0.4) is 0 Å². The standard InChI is InChI=1S/C39H76O5/c1-4-5-6-7-8-9-10-11-12-13-17-20-23-26-29-32-38(41)43-34-37(40)35-44-39(42)33-30-27-24-21-18-15-14-16-19-22-25-28-31-36(2)3/h36-37,40H,4-35H2,1-3H3/t37-/m0/s1. The third kappa shape index (κ3) is 35.4. The Hall–Kier alpha value is -1.10. The number of carbonyl (C=O) groups is 2. The lowest BCUT2D eigenvalue weighted by Crippen LogP contribution is -2.25. The topological polar surface area (TPSA) is 72.8 Å². The minimum absolute atomic E-state index is 0.108. The van der Waals surface area contributed by atoms with Gasteiger partial charge in [0.2, 0.25) is 0 Å². The molecular formula is C39H76O5. The van der Waals surface area contributed by atoms with Crippen molar-refractivity contribution in [3.05, 3.63) is 0 Å². The molecule has 262 valence electrons. The van der Waals surface area contributed by atoms with Gasteiger partial charge in [-0.3, -0.25) is 9.59 Å². The first-order valence-corrected chi connectivity index (χ1v) is 19.4. The first-order valence-electron chi connectivity index (χ1n) is 19.4. The molecule has 0 radical (unpaired) electrons. The highest BCUT2D eigenvalue weighted by Crippen LogP contribution is 2.16. The maximum atomic E-state index is 11.9. The summed E-state index contributed by atoms with van der Waals surface area (Å²) >= 11 is 0. The fourth-order valence-corrected chi connectivity index (χ4v) is 5.80. The van der Waals surface area contributed by atoms with Crippen molar-refractivity contribution < 1.29 is 24.2 Å². The van der Waals surface area contributed by atoms with Crippen LogP contribution in [0.4, 0.5) is 0 Å². The van der Waals surface area contributed by atoms with Gasteiger partial charge in [-0.25, -0.2) is 0 Å². The van der Waals surface area contributed by atoms with Gasteiger partial charge in [-0.2, -0.15) is 0 Å². The molecule has 0 fully saturated rings. The third-order valence-electron chi connectivity index (χ3n) is 8.77. The van der Waals surface area contributed by atoms with Gasteiger partial charge in [0.05, 0.1) is 0 Å². The zero-order valence-electron chi connectivity index (χ0n) is 29.9. The molecule has 0 saturated carbocycles. The van der Waals surface area contributed by atoms with Crippen molar-refractivity contribution in [2.45, 2.75) is 219 Å². The first kappa shape index (κ1) is 42.9. The van der Waals surface area contributed by atoms with E-state index in [4.69, 9.17) is 9.47 Å². The summed E-state index contributed by atoms with van der Waals surface area (Å²) in [6.45, 7) is 6.67. The van der Waals surface area contributed by atoms with Gasteiger partial charge in [-0.15, -0.1) is 0 Å². The number of esters is 2. The Labute approximate surface area is 274 Å². The van der Waals surface area contributed by atoms with Crippen LogP contribution in [0.25, 0.3) is 0 Å². The Balaban J connectivity index is 3.38. The summed E-state index contributed by atoms with van der Waals surface area (Å²) in [7, 11) is 0. The molecule has 5 nitrogen and oxygen atoms in total. The largest absolute Gasteiger partial charge is 0.463 e. The second-order valence-corrected chi connectivity index (χ2v) is 13.9. The van der Waals surface area contributed by atoms with Crippen molar-refractivity contribution in [1.29, 1.82) is 0 Å². The molecular weight excluding hydrogens is 548 g/mol. The molecule has 0 unspecified atom stereocenters. The van der Waals surface area contributed by atoms with Crippen LogP contribution in [0.15, 0.2) is 0 Å². The molecule has 0 aromatic rings. The molecule has 0 aliphatic carbocycles. The van der Waals surface area contributed by atoms with Crippen LogP contribution in [-0.2, 0) is 19.1 Å². The Morgan fingerprint density at radius 2 is 0.727 bits per heavy atom. The summed E-state index contributed by atoms with van der Waals surface area (Å²) in [5.41, 5.74) is 0. The van der Waals surface area contributed by atoms with E-state index in [2.05, 4.69) is 20.8 Å². The normalized spacial score (nSPS) is 12.1. The van der Waals surface area contributed by atoms with Gasteiger partial charge in [0, 0.05) is 12.8 Å². The van der Waals surface area contributed by atoms with Gasteiger partial charge >= 0.3 is 11.9 Å². The van der Waals surface area contributed by atoms with E-state index in [1.165, 1.54) is 154 Å². The summed E-state index contributed by atoms with van der Waals surface area (Å²) in [4.78, 5) is 23.9. The molecule has 5 heteroatoms. The van der Waals surface area contributed by atoms with Crippen molar-refractivity contribution in [2.24, 2.45) is 5.92 Å². The van der Waals surface area contributed by atoms with Crippen LogP contribution in [-0.4, -0.2) is 36.4 Å². The number of aliphatic hydroxyl groups excluding tert-OH is 1. The van der Waals surface area contributed by atoms with Crippen molar-refractivity contribution in [2.75, 3.05) is 13.2 Å². The molecule has 0 spiro atoms. The SMILES string of the molecule is CCCCCCCCCCCCCCCCCC(=O)OC[C@H](O)COC(=O)CCCCCCCCCCCCCCC(C)C. The quantitative estimate of drug-likeness (QED) is 0.0561. The van der Waals surface area contributed by atoms with Gasteiger partial charge in [0.15, 0.2) is 0 Å². The Morgan fingerprint density at radius 3 is 1.02 bits per heavy atom. The van der Waals surface area contributed by atoms with Crippen molar-refractivity contribution in [3.63, 3.8) is 0 Å². The van der Waals surface area contributed by atoms with E-state index in [-0.39, 0.29) is 25.2 Å². The van der Waals surface area contributed by atoms with E-state index in [9.17, 15) is 14.7 Å². The van der Waals surface area contributed by atoms with Crippen LogP contribution in [0.1, 0.15) is 213 Å². The number of aliphatic hydroxyl groups is 1. The van der Waals surface area contributed by atoms with E-state index in [1.54, 1.807) is 0 Å². The molecule has 1 N–H and O–H groups in total. The van der Waals surface area contributed by atoms with Crippen LogP contribution in [0, 0.1) is 5.92 Å². The van der Waals surface area contributed by atoms with Crippen molar-refractivity contribution >= 4 is 11.9 Å². The fraction of sp³-hybridized carbons (Fsp3) is 0.949. The molecule has 0 saturated heterocycles. The molecule has 0 aliphatic rings. The highest BCUT2D eigenvalue weighted by Gasteiger charge is 2.12. The van der Waals surface area contributed by atoms with Crippen molar-refractivity contribution in [3.8, 4) is 0 Å². The molecule has 0 amide bonds. The second-order valence-electron chi connectivity index (χ2n) is 13.9. The lowest BCUT2D eigenvalue weighted by molar-refractivity contribution is -0.152. The molecule has 44 heavy (non-hydrogen) atoms. The minimum atomic E-state index is -0.955.